The van der Waals surface area contributed by atoms with E-state index < -0.39 is 17.7 Å². The van der Waals surface area contributed by atoms with Crippen LogP contribution in [0.2, 0.25) is 5.02 Å². The zero-order valence-electron chi connectivity index (χ0n) is 16.7. The lowest BCUT2D eigenvalue weighted by atomic mass is 9.92. The molecule has 0 bridgehead atoms. The number of benzene rings is 2. The first kappa shape index (κ1) is 20.9. The molecule has 1 unspecified atom stereocenters. The molecule has 0 saturated carbocycles. The molecule has 1 saturated heterocycles. The van der Waals surface area contributed by atoms with Gasteiger partial charge in [0.05, 0.1) is 23.2 Å². The largest absolute Gasteiger partial charge is 0.507 e. The van der Waals surface area contributed by atoms with Crippen molar-refractivity contribution in [2.45, 2.75) is 33.2 Å². The zero-order chi connectivity index (χ0) is 21.1. The summed E-state index contributed by atoms with van der Waals surface area (Å²) in [6.45, 7) is 6.57. The third-order valence-corrected chi connectivity index (χ3v) is 5.32. The predicted octanol–water partition coefficient (Wildman–Crippen LogP) is 4.88. The van der Waals surface area contributed by atoms with Crippen molar-refractivity contribution in [1.29, 1.82) is 0 Å². The number of ether oxygens (including phenoxy) is 1. The number of carbonyl (C=O) groups excluding carboxylic acids is 2. The maximum absolute atomic E-state index is 12.9. The van der Waals surface area contributed by atoms with Gasteiger partial charge in [-0.15, -0.1) is 0 Å². The number of halogens is 1. The molecule has 0 spiro atoms. The number of hydrogen-bond donors (Lipinski definition) is 1. The summed E-state index contributed by atoms with van der Waals surface area (Å²) in [5, 5.41) is 11.4. The van der Waals surface area contributed by atoms with Gasteiger partial charge in [-0.05, 0) is 49.6 Å². The number of ketones is 1. The smallest absolute Gasteiger partial charge is 0.295 e. The second-order valence-electron chi connectivity index (χ2n) is 6.92. The Hall–Kier alpha value is -2.79. The number of aryl methyl sites for hydroxylation is 1. The molecule has 2 aromatic carbocycles. The van der Waals surface area contributed by atoms with Gasteiger partial charge in [0, 0.05) is 12.1 Å². The molecule has 1 heterocycles. The lowest BCUT2D eigenvalue weighted by Gasteiger charge is -2.26. The molecule has 29 heavy (non-hydrogen) atoms. The number of likely N-dealkylation sites (tertiary alicyclic amines) is 1. The summed E-state index contributed by atoms with van der Waals surface area (Å²) in [4.78, 5) is 27.2. The van der Waals surface area contributed by atoms with E-state index in [0.717, 1.165) is 11.1 Å². The normalized spacial score (nSPS) is 18.3. The van der Waals surface area contributed by atoms with E-state index in [-0.39, 0.29) is 21.9 Å². The van der Waals surface area contributed by atoms with Gasteiger partial charge >= 0.3 is 0 Å². The summed E-state index contributed by atoms with van der Waals surface area (Å²) < 4.78 is 5.50. The van der Waals surface area contributed by atoms with Crippen LogP contribution in [0.3, 0.4) is 0 Å². The summed E-state index contributed by atoms with van der Waals surface area (Å²) in [5.74, 6) is -1.09. The van der Waals surface area contributed by atoms with Crippen molar-refractivity contribution in [3.05, 3.63) is 69.8 Å². The summed E-state index contributed by atoms with van der Waals surface area (Å²) in [6, 6.07) is 11.8. The molecule has 1 aliphatic heterocycles. The molecule has 3 rings (SSSR count). The minimum absolute atomic E-state index is 0.0494. The lowest BCUT2D eigenvalue weighted by molar-refractivity contribution is -0.139. The Labute approximate surface area is 175 Å². The van der Waals surface area contributed by atoms with Gasteiger partial charge in [0.1, 0.15) is 11.5 Å². The van der Waals surface area contributed by atoms with E-state index in [4.69, 9.17) is 16.3 Å². The van der Waals surface area contributed by atoms with E-state index in [2.05, 4.69) is 0 Å². The molecule has 1 N–H and O–H groups in total. The number of aliphatic hydroxyl groups excluding tert-OH is 1. The molecule has 5 nitrogen and oxygen atoms in total. The third kappa shape index (κ3) is 3.87. The van der Waals surface area contributed by atoms with E-state index in [9.17, 15) is 14.7 Å². The zero-order valence-corrected chi connectivity index (χ0v) is 17.5. The molecule has 1 fully saturated rings. The lowest BCUT2D eigenvalue weighted by Crippen LogP contribution is -2.30. The van der Waals surface area contributed by atoms with Crippen LogP contribution in [0.5, 0.6) is 5.75 Å². The molecule has 1 amide bonds. The fraction of sp³-hybridized carbons (Fsp3) is 0.304. The third-order valence-electron chi connectivity index (χ3n) is 4.99. The molecule has 0 aliphatic carbocycles. The molecule has 0 aromatic heterocycles. The first-order chi connectivity index (χ1) is 13.9. The van der Waals surface area contributed by atoms with Crippen LogP contribution >= 0.6 is 11.6 Å². The van der Waals surface area contributed by atoms with Gasteiger partial charge in [-0.25, -0.2) is 0 Å². The minimum Gasteiger partial charge on any atom is -0.507 e. The molecule has 0 radical (unpaired) electrons. The number of amides is 1. The maximum Gasteiger partial charge on any atom is 0.295 e. The van der Waals surface area contributed by atoms with Gasteiger partial charge in [-0.3, -0.25) is 9.59 Å². The number of Topliss-reactive ketones (excluding diaryl/α,β-unsaturated/α-hetero) is 1. The molecular weight excluding hydrogens is 390 g/mol. The Morgan fingerprint density at radius 2 is 1.90 bits per heavy atom. The number of rotatable bonds is 6. The van der Waals surface area contributed by atoms with Crippen molar-refractivity contribution in [2.24, 2.45) is 0 Å². The predicted molar refractivity (Wildman–Crippen MR) is 113 cm³/mol. The Balaban J connectivity index is 2.24. The van der Waals surface area contributed by atoms with E-state index >= 15 is 0 Å². The Bertz CT molecular complexity index is 983. The van der Waals surface area contributed by atoms with Gasteiger partial charge in [-0.2, -0.15) is 0 Å². The van der Waals surface area contributed by atoms with Crippen LogP contribution in [-0.4, -0.2) is 34.8 Å². The fourth-order valence-corrected chi connectivity index (χ4v) is 3.86. The molecule has 1 atom stereocenters. The van der Waals surface area contributed by atoms with Crippen LogP contribution in [0.1, 0.15) is 43.0 Å². The highest BCUT2D eigenvalue weighted by molar-refractivity contribution is 6.47. The van der Waals surface area contributed by atoms with Crippen molar-refractivity contribution >= 4 is 29.1 Å². The summed E-state index contributed by atoms with van der Waals surface area (Å²) in [7, 11) is 0. The van der Waals surface area contributed by atoms with Gasteiger partial charge in [-0.1, -0.05) is 42.8 Å². The summed E-state index contributed by atoms with van der Waals surface area (Å²) >= 11 is 6.32. The second kappa shape index (κ2) is 8.70. The highest BCUT2D eigenvalue weighted by atomic mass is 35.5. The summed E-state index contributed by atoms with van der Waals surface area (Å²) in [5.41, 5.74) is 2.05. The molecule has 152 valence electrons. The SMILES string of the molecule is CCCN1C(=O)C(=O)/C(=C(/O)c2cc(OCC)ccc2Cl)C1c1ccccc1C. The monoisotopic (exact) mass is 413 g/mol. The first-order valence-electron chi connectivity index (χ1n) is 9.67. The quantitative estimate of drug-likeness (QED) is 0.416. The average Bonchev–Trinajstić information content (AvgIpc) is 2.95. The molecule has 6 heteroatoms. The van der Waals surface area contributed by atoms with Gasteiger partial charge in [0.25, 0.3) is 11.7 Å². The van der Waals surface area contributed by atoms with E-state index in [1.807, 2.05) is 45.0 Å². The van der Waals surface area contributed by atoms with E-state index in [1.54, 1.807) is 18.2 Å². The summed E-state index contributed by atoms with van der Waals surface area (Å²) in [6.07, 6.45) is 0.691. The second-order valence-corrected chi connectivity index (χ2v) is 7.33. The van der Waals surface area contributed by atoms with Gasteiger partial charge in [0.2, 0.25) is 0 Å². The van der Waals surface area contributed by atoms with Crippen LogP contribution in [-0.2, 0) is 9.59 Å². The number of carbonyl (C=O) groups is 2. The van der Waals surface area contributed by atoms with Gasteiger partial charge in [0.15, 0.2) is 0 Å². The van der Waals surface area contributed by atoms with E-state index in [1.165, 1.54) is 4.90 Å². The van der Waals surface area contributed by atoms with Crippen LogP contribution in [0, 0.1) is 6.92 Å². The molecular formula is C23H24ClNO4. The van der Waals surface area contributed by atoms with Crippen molar-refractivity contribution in [2.75, 3.05) is 13.2 Å². The maximum atomic E-state index is 12.9. The first-order valence-corrected chi connectivity index (χ1v) is 10.0. The van der Waals surface area contributed by atoms with Crippen molar-refractivity contribution in [3.8, 4) is 5.75 Å². The Morgan fingerprint density at radius 3 is 2.55 bits per heavy atom. The highest BCUT2D eigenvalue weighted by Crippen LogP contribution is 2.42. The number of aliphatic hydroxyl groups is 1. The van der Waals surface area contributed by atoms with Crippen LogP contribution in [0.4, 0.5) is 0 Å². The minimum atomic E-state index is -0.706. The Morgan fingerprint density at radius 1 is 1.17 bits per heavy atom. The standard InChI is InChI=1S/C23H24ClNO4/c1-4-12-25-20(16-9-7-6-8-14(16)3)19(22(27)23(25)28)21(26)17-13-15(29-5-2)10-11-18(17)24/h6-11,13,20,26H,4-5,12H2,1-3H3/b21-19+. The molecule has 1 aliphatic rings. The van der Waals surface area contributed by atoms with Crippen molar-refractivity contribution in [1.82, 2.24) is 4.90 Å². The highest BCUT2D eigenvalue weighted by Gasteiger charge is 2.46. The number of hydrogen-bond acceptors (Lipinski definition) is 4. The topological polar surface area (TPSA) is 66.8 Å². The van der Waals surface area contributed by atoms with Crippen molar-refractivity contribution in [3.63, 3.8) is 0 Å². The fourth-order valence-electron chi connectivity index (χ4n) is 3.66. The molecule has 2 aromatic rings. The van der Waals surface area contributed by atoms with Gasteiger partial charge < -0.3 is 14.7 Å². The Kier molecular flexibility index (Phi) is 6.28. The van der Waals surface area contributed by atoms with E-state index in [0.29, 0.717) is 25.3 Å². The van der Waals surface area contributed by atoms with Crippen LogP contribution in [0.15, 0.2) is 48.0 Å². The van der Waals surface area contributed by atoms with Crippen LogP contribution in [0.25, 0.3) is 5.76 Å². The number of nitrogens with zero attached hydrogens (tertiary/aromatic N) is 1. The average molecular weight is 414 g/mol. The van der Waals surface area contributed by atoms with Crippen molar-refractivity contribution < 1.29 is 19.4 Å². The van der Waals surface area contributed by atoms with Crippen LogP contribution < -0.4 is 4.74 Å².